The van der Waals surface area contributed by atoms with Crippen LogP contribution in [0.5, 0.6) is 0 Å². The highest BCUT2D eigenvalue weighted by Gasteiger charge is 2.31. The zero-order valence-corrected chi connectivity index (χ0v) is 10.9. The molecule has 3 rings (SSSR count). The van der Waals surface area contributed by atoms with Crippen LogP contribution in [0, 0.1) is 0 Å². The summed E-state index contributed by atoms with van der Waals surface area (Å²) in [4.78, 5) is 16.0. The largest absolute Gasteiger partial charge is 0.390 e. The number of aromatic nitrogens is 4. The Morgan fingerprint density at radius 3 is 2.95 bits per heavy atom. The van der Waals surface area contributed by atoms with Gasteiger partial charge in [-0.15, -0.1) is 5.10 Å². The van der Waals surface area contributed by atoms with Crippen molar-refractivity contribution in [3.05, 3.63) is 35.8 Å². The Morgan fingerprint density at radius 2 is 2.30 bits per heavy atom. The molecule has 2 heterocycles. The van der Waals surface area contributed by atoms with Crippen LogP contribution in [0.2, 0.25) is 0 Å². The first-order valence-electron chi connectivity index (χ1n) is 6.52. The first kappa shape index (κ1) is 12.7. The summed E-state index contributed by atoms with van der Waals surface area (Å²) in [6, 6.07) is 5.31. The van der Waals surface area contributed by atoms with E-state index in [9.17, 15) is 9.90 Å². The van der Waals surface area contributed by atoms with Crippen LogP contribution in [0.3, 0.4) is 0 Å². The number of hydrogen-bond donors (Lipinski definition) is 2. The summed E-state index contributed by atoms with van der Waals surface area (Å²) >= 11 is 0. The summed E-state index contributed by atoms with van der Waals surface area (Å²) in [6.07, 6.45) is 3.73. The average molecular weight is 273 g/mol. The van der Waals surface area contributed by atoms with E-state index in [-0.39, 0.29) is 19.1 Å². The lowest BCUT2D eigenvalue weighted by Crippen LogP contribution is -2.21. The van der Waals surface area contributed by atoms with Gasteiger partial charge in [0.25, 0.3) is 0 Å². The third-order valence-corrected chi connectivity index (χ3v) is 3.19. The maximum atomic E-state index is 12.0. The Morgan fingerprint density at radius 1 is 1.45 bits per heavy atom. The molecule has 0 radical (unpaired) electrons. The molecule has 0 aliphatic heterocycles. The van der Waals surface area contributed by atoms with Gasteiger partial charge < -0.3 is 10.4 Å². The maximum Gasteiger partial charge on any atom is 0.247 e. The lowest BCUT2D eigenvalue weighted by Gasteiger charge is -2.07. The highest BCUT2D eigenvalue weighted by atomic mass is 16.3. The van der Waals surface area contributed by atoms with Gasteiger partial charge in [-0.3, -0.25) is 4.79 Å². The van der Waals surface area contributed by atoms with Crippen molar-refractivity contribution in [3.63, 3.8) is 0 Å². The van der Waals surface area contributed by atoms with E-state index in [1.807, 2.05) is 0 Å². The molecule has 7 heteroatoms. The number of hydrogen-bond acceptors (Lipinski definition) is 5. The third-order valence-electron chi connectivity index (χ3n) is 3.19. The Bertz CT molecular complexity index is 606. The topological polar surface area (TPSA) is 92.9 Å². The Labute approximate surface area is 115 Å². The normalized spacial score (nSPS) is 14.2. The van der Waals surface area contributed by atoms with Gasteiger partial charge in [-0.05, 0) is 25.0 Å². The number of nitrogens with zero attached hydrogens (tertiary/aromatic N) is 4. The van der Waals surface area contributed by atoms with E-state index in [0.29, 0.717) is 17.4 Å². The molecule has 104 valence electrons. The van der Waals surface area contributed by atoms with E-state index in [4.69, 9.17) is 0 Å². The van der Waals surface area contributed by atoms with Gasteiger partial charge in [0, 0.05) is 12.1 Å². The predicted octanol–water partition coefficient (Wildman–Crippen LogP) is 0.681. The molecule has 1 fully saturated rings. The molecule has 1 amide bonds. The van der Waals surface area contributed by atoms with E-state index in [2.05, 4.69) is 20.6 Å². The van der Waals surface area contributed by atoms with E-state index in [1.165, 1.54) is 0 Å². The van der Waals surface area contributed by atoms with Gasteiger partial charge in [0.2, 0.25) is 5.91 Å². The highest BCUT2D eigenvalue weighted by molar-refractivity contribution is 5.89. The molecule has 1 aliphatic carbocycles. The summed E-state index contributed by atoms with van der Waals surface area (Å²) in [5.41, 5.74) is 1.45. The molecular formula is C13H15N5O2. The minimum Gasteiger partial charge on any atom is -0.390 e. The lowest BCUT2D eigenvalue weighted by molar-refractivity contribution is -0.117. The summed E-state index contributed by atoms with van der Waals surface area (Å²) in [6.45, 7) is -0.0664. The third kappa shape index (κ3) is 2.67. The molecule has 2 N–H and O–H groups in total. The van der Waals surface area contributed by atoms with E-state index >= 15 is 0 Å². The molecular weight excluding hydrogens is 258 g/mol. The lowest BCUT2D eigenvalue weighted by atomic mass is 10.2. The standard InChI is InChI=1S/C13H15N5O2/c19-8-10-13(9-4-5-9)18(17-16-10)7-12(20)15-11-3-1-2-6-14-11/h1-3,6,9,19H,4-5,7-8H2,(H,14,15,20). The fourth-order valence-corrected chi connectivity index (χ4v) is 2.14. The molecule has 0 spiro atoms. The number of anilines is 1. The first-order chi connectivity index (χ1) is 9.78. The van der Waals surface area contributed by atoms with Crippen molar-refractivity contribution in [1.82, 2.24) is 20.0 Å². The molecule has 20 heavy (non-hydrogen) atoms. The second kappa shape index (κ2) is 5.38. The average Bonchev–Trinajstić information content (AvgIpc) is 3.21. The second-order valence-corrected chi connectivity index (χ2v) is 4.77. The van der Waals surface area contributed by atoms with E-state index < -0.39 is 0 Å². The number of pyridine rings is 1. The number of aliphatic hydroxyl groups is 1. The molecule has 2 aromatic rings. The number of carbonyl (C=O) groups is 1. The highest BCUT2D eigenvalue weighted by Crippen LogP contribution is 2.41. The summed E-state index contributed by atoms with van der Waals surface area (Å²) in [5.74, 6) is 0.669. The molecule has 7 nitrogen and oxygen atoms in total. The molecule has 0 unspecified atom stereocenters. The molecule has 0 aromatic carbocycles. The van der Waals surface area contributed by atoms with E-state index in [1.54, 1.807) is 29.1 Å². The molecule has 0 saturated heterocycles. The fraction of sp³-hybridized carbons (Fsp3) is 0.385. The monoisotopic (exact) mass is 273 g/mol. The maximum absolute atomic E-state index is 12.0. The summed E-state index contributed by atoms with van der Waals surface area (Å²) < 4.78 is 1.57. The molecule has 1 saturated carbocycles. The molecule has 1 aliphatic rings. The van der Waals surface area contributed by atoms with Crippen LogP contribution in [-0.2, 0) is 17.9 Å². The fourth-order valence-electron chi connectivity index (χ4n) is 2.14. The van der Waals surface area contributed by atoms with Gasteiger partial charge >= 0.3 is 0 Å². The van der Waals surface area contributed by atoms with E-state index in [0.717, 1.165) is 18.5 Å². The van der Waals surface area contributed by atoms with Gasteiger partial charge in [-0.1, -0.05) is 11.3 Å². The van der Waals surface area contributed by atoms with Gasteiger partial charge in [-0.25, -0.2) is 9.67 Å². The summed E-state index contributed by atoms with van der Waals surface area (Å²) in [5, 5.41) is 19.8. The Hall–Kier alpha value is -2.28. The van der Waals surface area contributed by atoms with Crippen LogP contribution < -0.4 is 5.32 Å². The number of nitrogens with one attached hydrogen (secondary N) is 1. The van der Waals surface area contributed by atoms with Gasteiger partial charge in [-0.2, -0.15) is 0 Å². The van der Waals surface area contributed by atoms with Gasteiger partial charge in [0.05, 0.1) is 12.3 Å². The minimum absolute atomic E-state index is 0.0788. The van der Waals surface area contributed by atoms with Crippen LogP contribution in [0.1, 0.15) is 30.1 Å². The minimum atomic E-state index is -0.208. The zero-order valence-electron chi connectivity index (χ0n) is 10.9. The number of rotatable bonds is 5. The number of aliphatic hydroxyl groups excluding tert-OH is 1. The summed E-state index contributed by atoms with van der Waals surface area (Å²) in [7, 11) is 0. The van der Waals surface area contributed by atoms with Crippen molar-refractivity contribution < 1.29 is 9.90 Å². The van der Waals surface area contributed by atoms with Crippen LogP contribution in [0.25, 0.3) is 0 Å². The predicted molar refractivity (Wildman–Crippen MR) is 70.8 cm³/mol. The second-order valence-electron chi connectivity index (χ2n) is 4.77. The molecule has 2 aromatic heterocycles. The van der Waals surface area contributed by atoms with Gasteiger partial charge in [0.15, 0.2) is 0 Å². The SMILES string of the molecule is O=C(Cn1nnc(CO)c1C1CC1)Nc1ccccn1. The van der Waals surface area contributed by atoms with Crippen molar-refractivity contribution in [3.8, 4) is 0 Å². The molecule has 0 atom stereocenters. The smallest absolute Gasteiger partial charge is 0.247 e. The van der Waals surface area contributed by atoms with Crippen LogP contribution in [-0.4, -0.2) is 31.0 Å². The van der Waals surface area contributed by atoms with Crippen molar-refractivity contribution in [2.45, 2.75) is 31.9 Å². The Kier molecular flexibility index (Phi) is 3.42. The number of carbonyl (C=O) groups excluding carboxylic acids is 1. The first-order valence-corrected chi connectivity index (χ1v) is 6.52. The van der Waals surface area contributed by atoms with Crippen LogP contribution >= 0.6 is 0 Å². The molecule has 0 bridgehead atoms. The van der Waals surface area contributed by atoms with Crippen LogP contribution in [0.4, 0.5) is 5.82 Å². The van der Waals surface area contributed by atoms with Gasteiger partial charge in [0.1, 0.15) is 18.1 Å². The number of amides is 1. The van der Waals surface area contributed by atoms with Crippen LogP contribution in [0.15, 0.2) is 24.4 Å². The van der Waals surface area contributed by atoms with Crippen molar-refractivity contribution >= 4 is 11.7 Å². The zero-order chi connectivity index (χ0) is 13.9. The Balaban J connectivity index is 1.71. The van der Waals surface area contributed by atoms with Crippen molar-refractivity contribution in [1.29, 1.82) is 0 Å². The van der Waals surface area contributed by atoms with Crippen molar-refractivity contribution in [2.24, 2.45) is 0 Å². The van der Waals surface area contributed by atoms with Crippen molar-refractivity contribution in [2.75, 3.05) is 5.32 Å². The quantitative estimate of drug-likeness (QED) is 0.835.